The Hall–Kier alpha value is -1.29. The first kappa shape index (κ1) is 13.7. The topological polar surface area (TPSA) is 44.8 Å². The number of hydrogen-bond donors (Lipinski definition) is 0. The Balaban J connectivity index is 3.53. The van der Waals surface area contributed by atoms with Crippen LogP contribution in [0.4, 0.5) is 0 Å². The first-order chi connectivity index (χ1) is 7.10. The summed E-state index contributed by atoms with van der Waals surface area (Å²) in [6, 6.07) is 0. The van der Waals surface area contributed by atoms with Crippen molar-refractivity contribution in [2.75, 3.05) is 13.2 Å². The number of rotatable bonds is 8. The van der Waals surface area contributed by atoms with Crippen LogP contribution < -0.4 is 0 Å². The van der Waals surface area contributed by atoms with Gasteiger partial charge in [0.25, 0.3) is 0 Å². The van der Waals surface area contributed by atoms with E-state index in [2.05, 4.69) is 13.2 Å². The first-order valence-electron chi connectivity index (χ1n) is 4.77. The third-order valence-electron chi connectivity index (χ3n) is 1.52. The summed E-state index contributed by atoms with van der Waals surface area (Å²) in [5.74, 6) is -0.443. The molecule has 0 saturated heterocycles. The van der Waals surface area contributed by atoms with Crippen LogP contribution in [-0.2, 0) is 19.0 Å². The molecule has 0 amide bonds. The average Bonchev–Trinajstić information content (AvgIpc) is 2.18. The van der Waals surface area contributed by atoms with Gasteiger partial charge in [0.1, 0.15) is 12.2 Å². The zero-order valence-electron chi connectivity index (χ0n) is 9.27. The van der Waals surface area contributed by atoms with Crippen molar-refractivity contribution < 1.29 is 19.0 Å². The highest BCUT2D eigenvalue weighted by molar-refractivity contribution is 5.81. The smallest absolute Gasteiger partial charge is 0.330 e. The van der Waals surface area contributed by atoms with E-state index in [-0.39, 0.29) is 12.2 Å². The molecule has 0 N–H and O–H groups in total. The normalized spacial score (nSPS) is 13.7. The molecule has 0 rings (SSSR count). The van der Waals surface area contributed by atoms with E-state index in [1.807, 2.05) is 6.92 Å². The molecule has 0 aromatic rings. The molecule has 0 saturated carbocycles. The van der Waals surface area contributed by atoms with Crippen molar-refractivity contribution in [1.82, 2.24) is 0 Å². The second-order valence-corrected chi connectivity index (χ2v) is 3.10. The van der Waals surface area contributed by atoms with E-state index in [1.54, 1.807) is 6.92 Å². The number of carbonyl (C=O) groups is 1. The van der Waals surface area contributed by atoms with Crippen LogP contribution in [-0.4, -0.2) is 31.4 Å². The summed E-state index contributed by atoms with van der Waals surface area (Å²) < 4.78 is 15.2. The van der Waals surface area contributed by atoms with Crippen LogP contribution in [0.15, 0.2) is 25.5 Å². The lowest BCUT2D eigenvalue weighted by molar-refractivity contribution is -0.145. The lowest BCUT2D eigenvalue weighted by Gasteiger charge is -2.15. The van der Waals surface area contributed by atoms with Gasteiger partial charge in [-0.15, -0.1) is 0 Å². The second-order valence-electron chi connectivity index (χ2n) is 3.10. The van der Waals surface area contributed by atoms with Crippen molar-refractivity contribution in [1.29, 1.82) is 0 Å². The third-order valence-corrected chi connectivity index (χ3v) is 1.52. The predicted molar refractivity (Wildman–Crippen MR) is 57.3 cm³/mol. The molecule has 0 radical (unpaired) electrons. The summed E-state index contributed by atoms with van der Waals surface area (Å²) in [6.07, 6.45) is 2.16. The Morgan fingerprint density at radius 1 is 1.27 bits per heavy atom. The molecule has 0 fully saturated rings. The predicted octanol–water partition coefficient (Wildman–Crippen LogP) is 1.67. The van der Waals surface area contributed by atoms with Gasteiger partial charge in [-0.25, -0.2) is 4.79 Å². The second kappa shape index (κ2) is 8.05. The maximum Gasteiger partial charge on any atom is 0.330 e. The quantitative estimate of drug-likeness (QED) is 0.350. The van der Waals surface area contributed by atoms with Gasteiger partial charge in [-0.2, -0.15) is 0 Å². The molecule has 0 heterocycles. The van der Waals surface area contributed by atoms with E-state index in [1.165, 1.54) is 6.26 Å². The van der Waals surface area contributed by atoms with Crippen LogP contribution in [0.3, 0.4) is 0 Å². The molecule has 0 aromatic heterocycles. The van der Waals surface area contributed by atoms with E-state index in [0.717, 1.165) is 6.08 Å². The summed E-state index contributed by atoms with van der Waals surface area (Å²) in [5.41, 5.74) is 0. The SMILES string of the molecule is C=COC(C)COCC(C)OC(=O)C=C. The Bertz CT molecular complexity index is 213. The van der Waals surface area contributed by atoms with E-state index in [4.69, 9.17) is 14.2 Å². The Labute approximate surface area is 90.5 Å². The fourth-order valence-electron chi connectivity index (χ4n) is 0.884. The summed E-state index contributed by atoms with van der Waals surface area (Å²) in [4.78, 5) is 10.8. The van der Waals surface area contributed by atoms with Gasteiger partial charge in [0.2, 0.25) is 0 Å². The molecule has 4 nitrogen and oxygen atoms in total. The van der Waals surface area contributed by atoms with Gasteiger partial charge in [0.05, 0.1) is 19.5 Å². The molecule has 0 aliphatic heterocycles. The number of esters is 1. The van der Waals surface area contributed by atoms with Gasteiger partial charge < -0.3 is 14.2 Å². The van der Waals surface area contributed by atoms with Crippen LogP contribution in [0.25, 0.3) is 0 Å². The van der Waals surface area contributed by atoms with E-state index >= 15 is 0 Å². The lowest BCUT2D eigenvalue weighted by Crippen LogP contribution is -2.22. The average molecular weight is 214 g/mol. The zero-order chi connectivity index (χ0) is 11.7. The largest absolute Gasteiger partial charge is 0.497 e. The van der Waals surface area contributed by atoms with Crippen molar-refractivity contribution >= 4 is 5.97 Å². The van der Waals surface area contributed by atoms with Crippen molar-refractivity contribution in [3.05, 3.63) is 25.5 Å². The third kappa shape index (κ3) is 7.76. The summed E-state index contributed by atoms with van der Waals surface area (Å²) in [7, 11) is 0. The zero-order valence-corrected chi connectivity index (χ0v) is 9.27. The molecular formula is C11H18O4. The van der Waals surface area contributed by atoms with Gasteiger partial charge in [0.15, 0.2) is 0 Å². The molecule has 0 bridgehead atoms. The van der Waals surface area contributed by atoms with Crippen LogP contribution in [0.1, 0.15) is 13.8 Å². The van der Waals surface area contributed by atoms with E-state index in [0.29, 0.717) is 13.2 Å². The minimum absolute atomic E-state index is 0.0511. The minimum atomic E-state index is -0.443. The highest BCUT2D eigenvalue weighted by atomic mass is 16.6. The van der Waals surface area contributed by atoms with E-state index < -0.39 is 5.97 Å². The lowest BCUT2D eigenvalue weighted by atomic mass is 10.4. The Kier molecular flexibility index (Phi) is 7.36. The van der Waals surface area contributed by atoms with Crippen LogP contribution in [0.5, 0.6) is 0 Å². The molecule has 2 atom stereocenters. The molecule has 0 aliphatic rings. The summed E-state index contributed by atoms with van der Waals surface area (Å²) in [6.45, 7) is 11.1. The van der Waals surface area contributed by atoms with E-state index in [9.17, 15) is 4.79 Å². The molecular weight excluding hydrogens is 196 g/mol. The number of carbonyl (C=O) groups excluding carboxylic acids is 1. The van der Waals surface area contributed by atoms with Gasteiger partial charge in [-0.05, 0) is 13.8 Å². The monoisotopic (exact) mass is 214 g/mol. The molecule has 15 heavy (non-hydrogen) atoms. The van der Waals surface area contributed by atoms with Gasteiger partial charge >= 0.3 is 5.97 Å². The fraction of sp³-hybridized carbons (Fsp3) is 0.545. The number of ether oxygens (including phenoxy) is 3. The van der Waals surface area contributed by atoms with Crippen molar-refractivity contribution in [2.45, 2.75) is 26.1 Å². The molecule has 0 spiro atoms. The first-order valence-corrected chi connectivity index (χ1v) is 4.77. The maximum absolute atomic E-state index is 10.8. The fourth-order valence-corrected chi connectivity index (χ4v) is 0.884. The van der Waals surface area contributed by atoms with Crippen molar-refractivity contribution in [3.8, 4) is 0 Å². The van der Waals surface area contributed by atoms with Crippen LogP contribution in [0, 0.1) is 0 Å². The standard InChI is InChI=1S/C11H18O4/c1-5-11(12)15-10(4)8-13-7-9(3)14-6-2/h5-6,9-10H,1-2,7-8H2,3-4H3. The van der Waals surface area contributed by atoms with Gasteiger partial charge in [-0.1, -0.05) is 13.2 Å². The van der Waals surface area contributed by atoms with Crippen molar-refractivity contribution in [2.24, 2.45) is 0 Å². The van der Waals surface area contributed by atoms with Crippen LogP contribution in [0.2, 0.25) is 0 Å². The minimum Gasteiger partial charge on any atom is -0.497 e. The van der Waals surface area contributed by atoms with Crippen molar-refractivity contribution in [3.63, 3.8) is 0 Å². The van der Waals surface area contributed by atoms with Gasteiger partial charge in [0, 0.05) is 6.08 Å². The van der Waals surface area contributed by atoms with Crippen LogP contribution >= 0.6 is 0 Å². The van der Waals surface area contributed by atoms with Gasteiger partial charge in [-0.3, -0.25) is 0 Å². The highest BCUT2D eigenvalue weighted by Gasteiger charge is 2.07. The molecule has 0 aliphatic carbocycles. The molecule has 4 heteroatoms. The summed E-state index contributed by atoms with van der Waals surface area (Å²) >= 11 is 0. The molecule has 0 aromatic carbocycles. The highest BCUT2D eigenvalue weighted by Crippen LogP contribution is 1.97. The maximum atomic E-state index is 10.8. The Morgan fingerprint density at radius 3 is 2.40 bits per heavy atom. The number of hydrogen-bond acceptors (Lipinski definition) is 4. The Morgan fingerprint density at radius 2 is 1.87 bits per heavy atom. The molecule has 2 unspecified atom stereocenters. The summed E-state index contributed by atoms with van der Waals surface area (Å²) in [5, 5.41) is 0. The molecule has 86 valence electrons.